The predicted molar refractivity (Wildman–Crippen MR) is 87.8 cm³/mol. The van der Waals surface area contributed by atoms with Gasteiger partial charge in [-0.2, -0.15) is 5.10 Å². The first kappa shape index (κ1) is 15.1. The van der Waals surface area contributed by atoms with Crippen molar-refractivity contribution in [2.45, 2.75) is 43.8 Å². The highest BCUT2D eigenvalue weighted by Gasteiger charge is 2.39. The maximum absolute atomic E-state index is 12.6. The minimum Gasteiger partial charge on any atom is -0.348 e. The molecule has 2 unspecified atom stereocenters. The number of benzene rings is 1. The molecule has 0 saturated carbocycles. The molecule has 3 heterocycles. The van der Waals surface area contributed by atoms with Crippen LogP contribution in [0.5, 0.6) is 0 Å². The number of piperidine rings is 1. The smallest absolute Gasteiger partial charge is 0.272 e. The number of hydrogen-bond donors (Lipinski definition) is 2. The summed E-state index contributed by atoms with van der Waals surface area (Å²) in [5.41, 5.74) is 0.796. The predicted octanol–water partition coefficient (Wildman–Crippen LogP) is 1.83. The Morgan fingerprint density at radius 1 is 1.38 bits per heavy atom. The third kappa shape index (κ3) is 2.43. The van der Waals surface area contributed by atoms with E-state index < -0.39 is 4.92 Å². The number of carbonyl (C=O) groups is 1. The first-order chi connectivity index (χ1) is 11.5. The number of carbonyl (C=O) groups excluding carboxylic acids is 1. The van der Waals surface area contributed by atoms with Crippen LogP contribution in [0, 0.1) is 10.1 Å². The lowest BCUT2D eigenvalue weighted by atomic mass is 9.98. The molecule has 8 nitrogen and oxygen atoms in total. The van der Waals surface area contributed by atoms with Crippen molar-refractivity contribution >= 4 is 22.5 Å². The zero-order chi connectivity index (χ0) is 16.8. The van der Waals surface area contributed by atoms with Gasteiger partial charge in [-0.15, -0.1) is 0 Å². The zero-order valence-corrected chi connectivity index (χ0v) is 13.4. The number of hydrogen-bond acceptors (Lipinski definition) is 5. The molecule has 1 aromatic heterocycles. The summed E-state index contributed by atoms with van der Waals surface area (Å²) in [6.45, 7) is 0. The number of aromatic amines is 1. The Bertz CT molecular complexity index is 803. The Morgan fingerprint density at radius 3 is 2.75 bits per heavy atom. The van der Waals surface area contributed by atoms with E-state index in [1.807, 2.05) is 0 Å². The quantitative estimate of drug-likeness (QED) is 0.660. The van der Waals surface area contributed by atoms with Gasteiger partial charge in [-0.25, -0.2) is 0 Å². The lowest BCUT2D eigenvalue weighted by Gasteiger charge is -2.36. The molecule has 8 heteroatoms. The van der Waals surface area contributed by atoms with E-state index in [0.717, 1.165) is 12.8 Å². The molecule has 0 radical (unpaired) electrons. The van der Waals surface area contributed by atoms with Crippen LogP contribution in [0.4, 0.5) is 5.69 Å². The topological polar surface area (TPSA) is 104 Å². The van der Waals surface area contributed by atoms with E-state index >= 15 is 0 Å². The highest BCUT2D eigenvalue weighted by Crippen LogP contribution is 2.34. The summed E-state index contributed by atoms with van der Waals surface area (Å²) in [6.07, 6.45) is 4.26. The summed E-state index contributed by atoms with van der Waals surface area (Å²) < 4.78 is 0. The second-order valence-corrected chi connectivity index (χ2v) is 6.75. The Morgan fingerprint density at radius 2 is 2.08 bits per heavy atom. The van der Waals surface area contributed by atoms with Crippen LogP contribution >= 0.6 is 0 Å². The second-order valence-electron chi connectivity index (χ2n) is 6.75. The van der Waals surface area contributed by atoms with Gasteiger partial charge in [0.2, 0.25) is 0 Å². The normalized spacial score (nSPS) is 26.6. The summed E-state index contributed by atoms with van der Waals surface area (Å²) in [5, 5.41) is 21.3. The van der Waals surface area contributed by atoms with Crippen LogP contribution in [-0.4, -0.2) is 51.1 Å². The van der Waals surface area contributed by atoms with Crippen molar-refractivity contribution in [3.63, 3.8) is 0 Å². The zero-order valence-electron chi connectivity index (χ0n) is 13.4. The standard InChI is InChI=1S/C16H19N5O3/c1-20-10-2-3-11(20)7-9(6-10)17-16(22)15-13-8-12(21(23)24)4-5-14(13)18-19-15/h4-5,8-11H,2-3,6-7H2,1H3,(H,17,22)(H,18,19). The maximum Gasteiger partial charge on any atom is 0.272 e. The first-order valence-electron chi connectivity index (χ1n) is 8.18. The van der Waals surface area contributed by atoms with E-state index in [9.17, 15) is 14.9 Å². The molecule has 2 aliphatic rings. The molecule has 2 fully saturated rings. The number of aromatic nitrogens is 2. The monoisotopic (exact) mass is 329 g/mol. The van der Waals surface area contributed by atoms with Gasteiger partial charge in [-0.1, -0.05) is 0 Å². The van der Waals surface area contributed by atoms with E-state index in [1.54, 1.807) is 6.07 Å². The van der Waals surface area contributed by atoms with Crippen molar-refractivity contribution < 1.29 is 9.72 Å². The van der Waals surface area contributed by atoms with Gasteiger partial charge in [0.15, 0.2) is 5.69 Å². The molecule has 2 saturated heterocycles. The van der Waals surface area contributed by atoms with Gasteiger partial charge in [0.1, 0.15) is 0 Å². The molecular formula is C16H19N5O3. The molecular weight excluding hydrogens is 310 g/mol. The number of nitrogens with one attached hydrogen (secondary N) is 2. The van der Waals surface area contributed by atoms with Crippen molar-refractivity contribution in [2.24, 2.45) is 0 Å². The number of H-pyrrole nitrogens is 1. The van der Waals surface area contributed by atoms with Crippen LogP contribution < -0.4 is 5.32 Å². The largest absolute Gasteiger partial charge is 0.348 e. The van der Waals surface area contributed by atoms with Crippen LogP contribution in [0.3, 0.4) is 0 Å². The minimum absolute atomic E-state index is 0.0460. The van der Waals surface area contributed by atoms with Crippen molar-refractivity contribution in [3.8, 4) is 0 Å². The molecule has 0 aliphatic carbocycles. The molecule has 2 aliphatic heterocycles. The molecule has 4 rings (SSSR count). The van der Waals surface area contributed by atoms with Crippen LogP contribution in [0.2, 0.25) is 0 Å². The molecule has 126 valence electrons. The Hall–Kier alpha value is -2.48. The van der Waals surface area contributed by atoms with Gasteiger partial charge in [0.05, 0.1) is 10.4 Å². The third-order valence-corrected chi connectivity index (χ3v) is 5.41. The van der Waals surface area contributed by atoms with Gasteiger partial charge < -0.3 is 10.2 Å². The van der Waals surface area contributed by atoms with Gasteiger partial charge in [-0.3, -0.25) is 20.0 Å². The Labute approximate surface area is 138 Å². The van der Waals surface area contributed by atoms with Crippen molar-refractivity contribution in [3.05, 3.63) is 34.0 Å². The van der Waals surface area contributed by atoms with E-state index in [2.05, 4.69) is 27.5 Å². The fourth-order valence-corrected chi connectivity index (χ4v) is 4.07. The Kier molecular flexibility index (Phi) is 3.49. The molecule has 2 bridgehead atoms. The average molecular weight is 329 g/mol. The maximum atomic E-state index is 12.6. The summed E-state index contributed by atoms with van der Waals surface area (Å²) >= 11 is 0. The molecule has 24 heavy (non-hydrogen) atoms. The number of amides is 1. The average Bonchev–Trinajstić information content (AvgIpc) is 3.05. The van der Waals surface area contributed by atoms with E-state index in [0.29, 0.717) is 23.0 Å². The fraction of sp³-hybridized carbons (Fsp3) is 0.500. The highest BCUT2D eigenvalue weighted by atomic mass is 16.6. The van der Waals surface area contributed by atoms with Crippen LogP contribution in [0.15, 0.2) is 18.2 Å². The number of nitro groups is 1. The summed E-state index contributed by atoms with van der Waals surface area (Å²) in [6, 6.07) is 5.57. The number of fused-ring (bicyclic) bond motifs is 3. The fourth-order valence-electron chi connectivity index (χ4n) is 4.07. The number of nitro benzene ring substituents is 1. The minimum atomic E-state index is -0.469. The molecule has 2 aromatic rings. The summed E-state index contributed by atoms with van der Waals surface area (Å²) in [4.78, 5) is 25.5. The van der Waals surface area contributed by atoms with Gasteiger partial charge >= 0.3 is 0 Å². The summed E-state index contributed by atoms with van der Waals surface area (Å²) in [7, 11) is 2.15. The van der Waals surface area contributed by atoms with Gasteiger partial charge in [-0.05, 0) is 38.8 Å². The van der Waals surface area contributed by atoms with Gasteiger partial charge in [0.25, 0.3) is 11.6 Å². The molecule has 2 N–H and O–H groups in total. The second kappa shape index (κ2) is 5.55. The SMILES string of the molecule is CN1C2CCC1CC(NC(=O)c1n[nH]c3ccc([N+](=O)[O-])cc13)C2. The third-order valence-electron chi connectivity index (χ3n) is 5.41. The highest BCUT2D eigenvalue weighted by molar-refractivity contribution is 6.05. The number of rotatable bonds is 3. The summed E-state index contributed by atoms with van der Waals surface area (Å²) in [5.74, 6) is -0.268. The van der Waals surface area contributed by atoms with Crippen LogP contribution in [0.1, 0.15) is 36.2 Å². The Balaban J connectivity index is 1.55. The number of nitrogens with zero attached hydrogens (tertiary/aromatic N) is 3. The van der Waals surface area contributed by atoms with E-state index in [-0.39, 0.29) is 23.3 Å². The van der Waals surface area contributed by atoms with Crippen molar-refractivity contribution in [1.82, 2.24) is 20.4 Å². The van der Waals surface area contributed by atoms with E-state index in [1.165, 1.54) is 25.0 Å². The lowest BCUT2D eigenvalue weighted by Crippen LogP contribution is -2.48. The van der Waals surface area contributed by atoms with Gasteiger partial charge in [0, 0.05) is 35.6 Å². The first-order valence-corrected chi connectivity index (χ1v) is 8.18. The van der Waals surface area contributed by atoms with Crippen LogP contribution in [-0.2, 0) is 0 Å². The molecule has 1 amide bonds. The number of non-ortho nitro benzene ring substituents is 1. The lowest BCUT2D eigenvalue weighted by molar-refractivity contribution is -0.384. The molecule has 0 spiro atoms. The molecule has 1 aromatic carbocycles. The van der Waals surface area contributed by atoms with E-state index in [4.69, 9.17) is 0 Å². The molecule has 2 atom stereocenters. The van der Waals surface area contributed by atoms with Crippen molar-refractivity contribution in [2.75, 3.05) is 7.05 Å². The van der Waals surface area contributed by atoms with Crippen LogP contribution in [0.25, 0.3) is 10.9 Å². The van der Waals surface area contributed by atoms with Crippen molar-refractivity contribution in [1.29, 1.82) is 0 Å².